The fraction of sp³-hybridized carbons (Fsp3) is 0.571. The summed E-state index contributed by atoms with van der Waals surface area (Å²) < 4.78 is 46.3. The van der Waals surface area contributed by atoms with Crippen LogP contribution in [0, 0.1) is 6.92 Å². The summed E-state index contributed by atoms with van der Waals surface area (Å²) in [5.74, 6) is -0.143. The normalized spacial score (nSPS) is 19.0. The molecule has 1 aliphatic rings. The molecule has 9 heteroatoms. The largest absolute Gasteiger partial charge is 0.417 e. The van der Waals surface area contributed by atoms with Gasteiger partial charge in [-0.25, -0.2) is 4.98 Å². The Morgan fingerprint density at radius 2 is 2.03 bits per heavy atom. The number of likely N-dealkylation sites (tertiary alicyclic amines) is 1. The lowest BCUT2D eigenvalue weighted by Gasteiger charge is -2.32. The molecular weight excluding hydrogens is 395 g/mol. The van der Waals surface area contributed by atoms with Crippen molar-refractivity contribution >= 4 is 11.1 Å². The van der Waals surface area contributed by atoms with Crippen molar-refractivity contribution in [3.63, 3.8) is 0 Å². The second-order valence-electron chi connectivity index (χ2n) is 9.15. The van der Waals surface area contributed by atoms with Gasteiger partial charge >= 0.3 is 6.18 Å². The van der Waals surface area contributed by atoms with Crippen LogP contribution < -0.4 is 0 Å². The Morgan fingerprint density at radius 3 is 2.73 bits per heavy atom. The number of aromatic nitrogens is 4. The predicted molar refractivity (Wildman–Crippen MR) is 106 cm³/mol. The maximum Gasteiger partial charge on any atom is 0.417 e. The Morgan fingerprint density at radius 1 is 1.27 bits per heavy atom. The van der Waals surface area contributed by atoms with Gasteiger partial charge in [-0.1, -0.05) is 25.9 Å². The van der Waals surface area contributed by atoms with Crippen molar-refractivity contribution in [3.05, 3.63) is 40.5 Å². The molecule has 0 amide bonds. The van der Waals surface area contributed by atoms with Gasteiger partial charge in [-0.05, 0) is 32.4 Å². The Kier molecular flexibility index (Phi) is 5.12. The number of pyridine rings is 1. The average Bonchev–Trinajstić information content (AvgIpc) is 3.27. The third kappa shape index (κ3) is 3.95. The number of nitrogens with one attached hydrogen (secondary N) is 1. The minimum absolute atomic E-state index is 0.00126. The Hall–Kier alpha value is -2.42. The van der Waals surface area contributed by atoms with Gasteiger partial charge in [-0.2, -0.15) is 18.3 Å². The van der Waals surface area contributed by atoms with E-state index in [1.807, 2.05) is 6.20 Å². The van der Waals surface area contributed by atoms with Gasteiger partial charge in [-0.15, -0.1) is 0 Å². The van der Waals surface area contributed by atoms with Crippen molar-refractivity contribution in [3.8, 4) is 0 Å². The number of aryl methyl sites for hydroxylation is 1. The van der Waals surface area contributed by atoms with Crippen molar-refractivity contribution in [2.75, 3.05) is 13.1 Å². The summed E-state index contributed by atoms with van der Waals surface area (Å²) in [5, 5.41) is 11.3. The summed E-state index contributed by atoms with van der Waals surface area (Å²) in [6.45, 7) is 10.1. The summed E-state index contributed by atoms with van der Waals surface area (Å²) in [6, 6.07) is 1.07. The van der Waals surface area contributed by atoms with Gasteiger partial charge in [0.05, 0.1) is 22.8 Å². The number of halogens is 3. The lowest BCUT2D eigenvalue weighted by molar-refractivity contribution is -0.136. The minimum atomic E-state index is -4.49. The van der Waals surface area contributed by atoms with Gasteiger partial charge in [0, 0.05) is 41.4 Å². The SMILES string of the molecule is Cc1cc(C(F)(F)F)c2c([C@H]3CCCN(Cc4cn[nH]c4C(C)(C)C)C3)noc2n1. The molecule has 1 aliphatic heterocycles. The molecule has 0 saturated carbocycles. The molecule has 3 aromatic heterocycles. The molecule has 0 aliphatic carbocycles. The number of rotatable bonds is 3. The summed E-state index contributed by atoms with van der Waals surface area (Å²) in [7, 11) is 0. The monoisotopic (exact) mass is 421 g/mol. The third-order valence-corrected chi connectivity index (χ3v) is 5.66. The van der Waals surface area contributed by atoms with E-state index in [2.05, 4.69) is 46.0 Å². The van der Waals surface area contributed by atoms with Crippen LogP contribution in [0.4, 0.5) is 13.2 Å². The van der Waals surface area contributed by atoms with Crippen molar-refractivity contribution in [1.29, 1.82) is 0 Å². The fourth-order valence-corrected chi connectivity index (χ4v) is 4.34. The topological polar surface area (TPSA) is 70.8 Å². The minimum Gasteiger partial charge on any atom is -0.336 e. The predicted octanol–water partition coefficient (Wildman–Crippen LogP) is 4.95. The highest BCUT2D eigenvalue weighted by Crippen LogP contribution is 2.40. The summed E-state index contributed by atoms with van der Waals surface area (Å²) in [4.78, 5) is 6.38. The fourth-order valence-electron chi connectivity index (χ4n) is 4.34. The molecule has 0 aromatic carbocycles. The third-order valence-electron chi connectivity index (χ3n) is 5.66. The smallest absolute Gasteiger partial charge is 0.336 e. The van der Waals surface area contributed by atoms with Crippen LogP contribution in [0.2, 0.25) is 0 Å². The van der Waals surface area contributed by atoms with E-state index in [-0.39, 0.29) is 28.1 Å². The number of aromatic amines is 1. The van der Waals surface area contributed by atoms with E-state index in [1.165, 1.54) is 6.92 Å². The first-order chi connectivity index (χ1) is 14.0. The van der Waals surface area contributed by atoms with Crippen LogP contribution in [0.25, 0.3) is 11.1 Å². The molecular formula is C21H26F3N5O. The number of alkyl halides is 3. The van der Waals surface area contributed by atoms with E-state index in [1.54, 1.807) is 0 Å². The standard InChI is InChI=1S/C21H26F3N5O/c1-12-8-15(21(22,23)24)16-17(28-30-19(16)26-12)13-6-5-7-29(10-13)11-14-9-25-27-18(14)20(2,3)4/h8-9,13H,5-7,10-11H2,1-4H3,(H,25,27)/t13-/m0/s1. The highest BCUT2D eigenvalue weighted by atomic mass is 19.4. The number of hydrogen-bond donors (Lipinski definition) is 1. The lowest BCUT2D eigenvalue weighted by atomic mass is 9.88. The zero-order valence-corrected chi connectivity index (χ0v) is 17.6. The average molecular weight is 421 g/mol. The highest BCUT2D eigenvalue weighted by molar-refractivity contribution is 5.81. The van der Waals surface area contributed by atoms with Crippen molar-refractivity contribution in [1.82, 2.24) is 25.2 Å². The summed E-state index contributed by atoms with van der Waals surface area (Å²) in [6.07, 6.45) is -1.01. The number of fused-ring (bicyclic) bond motifs is 1. The van der Waals surface area contributed by atoms with Crippen molar-refractivity contribution in [2.45, 2.75) is 64.6 Å². The number of hydrogen-bond acceptors (Lipinski definition) is 5. The van der Waals surface area contributed by atoms with E-state index in [0.29, 0.717) is 18.8 Å². The second-order valence-corrected chi connectivity index (χ2v) is 9.15. The van der Waals surface area contributed by atoms with E-state index in [4.69, 9.17) is 4.52 Å². The van der Waals surface area contributed by atoms with E-state index in [9.17, 15) is 13.2 Å². The molecule has 4 heterocycles. The van der Waals surface area contributed by atoms with Gasteiger partial charge in [0.15, 0.2) is 0 Å². The van der Waals surface area contributed by atoms with Crippen molar-refractivity contribution < 1.29 is 17.7 Å². The second kappa shape index (κ2) is 7.37. The summed E-state index contributed by atoms with van der Waals surface area (Å²) >= 11 is 0. The van der Waals surface area contributed by atoms with E-state index in [0.717, 1.165) is 36.7 Å². The number of nitrogens with zero attached hydrogens (tertiary/aromatic N) is 4. The van der Waals surface area contributed by atoms with Crippen LogP contribution in [0.15, 0.2) is 16.8 Å². The molecule has 0 radical (unpaired) electrons. The highest BCUT2D eigenvalue weighted by Gasteiger charge is 2.38. The van der Waals surface area contributed by atoms with E-state index >= 15 is 0 Å². The molecule has 4 rings (SSSR count). The molecule has 1 saturated heterocycles. The number of piperidine rings is 1. The van der Waals surface area contributed by atoms with Gasteiger partial charge in [0.25, 0.3) is 5.71 Å². The Balaban J connectivity index is 1.63. The summed E-state index contributed by atoms with van der Waals surface area (Å²) in [5.41, 5.74) is 1.99. The maximum atomic E-state index is 13.7. The molecule has 6 nitrogen and oxygen atoms in total. The van der Waals surface area contributed by atoms with Crippen LogP contribution in [0.1, 0.15) is 67.7 Å². The van der Waals surface area contributed by atoms with E-state index < -0.39 is 11.7 Å². The molecule has 3 aromatic rings. The van der Waals surface area contributed by atoms with Gasteiger partial charge in [0.2, 0.25) is 0 Å². The quantitative estimate of drug-likeness (QED) is 0.648. The Labute approximate surface area is 172 Å². The van der Waals surface area contributed by atoms with Gasteiger partial charge < -0.3 is 4.52 Å². The van der Waals surface area contributed by atoms with Gasteiger partial charge in [0.1, 0.15) is 0 Å². The van der Waals surface area contributed by atoms with Crippen LogP contribution >= 0.6 is 0 Å². The molecule has 1 N–H and O–H groups in total. The number of H-pyrrole nitrogens is 1. The molecule has 0 bridgehead atoms. The molecule has 30 heavy (non-hydrogen) atoms. The molecule has 1 atom stereocenters. The lowest BCUT2D eigenvalue weighted by Crippen LogP contribution is -2.34. The van der Waals surface area contributed by atoms with Gasteiger partial charge in [-0.3, -0.25) is 10.00 Å². The van der Waals surface area contributed by atoms with Crippen LogP contribution in [-0.2, 0) is 18.1 Å². The molecule has 1 fully saturated rings. The van der Waals surface area contributed by atoms with Crippen LogP contribution in [-0.4, -0.2) is 38.3 Å². The molecule has 0 unspecified atom stereocenters. The van der Waals surface area contributed by atoms with Crippen LogP contribution in [0.3, 0.4) is 0 Å². The first-order valence-electron chi connectivity index (χ1n) is 10.1. The molecule has 0 spiro atoms. The zero-order chi connectivity index (χ0) is 21.7. The molecule has 162 valence electrons. The maximum absolute atomic E-state index is 13.7. The first kappa shape index (κ1) is 20.8. The first-order valence-corrected chi connectivity index (χ1v) is 10.1. The zero-order valence-electron chi connectivity index (χ0n) is 17.6. The van der Waals surface area contributed by atoms with Crippen molar-refractivity contribution in [2.24, 2.45) is 0 Å². The van der Waals surface area contributed by atoms with Crippen LogP contribution in [0.5, 0.6) is 0 Å². The Bertz CT molecular complexity index is 1050.